The van der Waals surface area contributed by atoms with Crippen LogP contribution in [0.2, 0.25) is 5.02 Å². The SMILES string of the molecule is C[C@@H]1CN(C(=O)CCC(=O)NC2CCCCCC2)c2cc(Cl)ccc2O1. The molecule has 6 heteroatoms. The highest BCUT2D eigenvalue weighted by molar-refractivity contribution is 6.31. The summed E-state index contributed by atoms with van der Waals surface area (Å²) < 4.78 is 5.77. The lowest BCUT2D eigenvalue weighted by Crippen LogP contribution is -2.43. The number of halogens is 1. The zero-order valence-corrected chi connectivity index (χ0v) is 16.1. The molecule has 142 valence electrons. The largest absolute Gasteiger partial charge is 0.487 e. The Hall–Kier alpha value is -1.75. The summed E-state index contributed by atoms with van der Waals surface area (Å²) in [6, 6.07) is 5.54. The predicted octanol–water partition coefficient (Wildman–Crippen LogP) is 4.07. The number of fused-ring (bicyclic) bond motifs is 1. The zero-order chi connectivity index (χ0) is 18.5. The van der Waals surface area contributed by atoms with Crippen LogP contribution in [0.15, 0.2) is 18.2 Å². The van der Waals surface area contributed by atoms with Gasteiger partial charge in [-0.3, -0.25) is 9.59 Å². The molecule has 1 aromatic rings. The Bertz CT molecular complexity index is 656. The third-order valence-corrected chi connectivity index (χ3v) is 5.30. The van der Waals surface area contributed by atoms with Crippen LogP contribution in [0.3, 0.4) is 0 Å². The Morgan fingerprint density at radius 2 is 1.92 bits per heavy atom. The predicted molar refractivity (Wildman–Crippen MR) is 103 cm³/mol. The first-order valence-electron chi connectivity index (χ1n) is 9.59. The minimum atomic E-state index is -0.0903. The lowest BCUT2D eigenvalue weighted by molar-refractivity contribution is -0.125. The lowest BCUT2D eigenvalue weighted by Gasteiger charge is -2.33. The molecule has 1 aliphatic carbocycles. The molecule has 2 aliphatic rings. The number of carbonyl (C=O) groups is 2. The molecule has 1 heterocycles. The number of nitrogens with one attached hydrogen (secondary N) is 1. The molecule has 5 nitrogen and oxygen atoms in total. The first-order chi connectivity index (χ1) is 12.5. The van der Waals surface area contributed by atoms with Crippen LogP contribution in [0.5, 0.6) is 5.75 Å². The van der Waals surface area contributed by atoms with Crippen LogP contribution in [-0.2, 0) is 9.59 Å². The fourth-order valence-corrected chi connectivity index (χ4v) is 3.89. The molecular formula is C20H27ClN2O3. The first kappa shape index (κ1) is 19.0. The van der Waals surface area contributed by atoms with Crippen molar-refractivity contribution < 1.29 is 14.3 Å². The molecule has 1 aliphatic heterocycles. The second-order valence-electron chi connectivity index (χ2n) is 7.30. The van der Waals surface area contributed by atoms with Gasteiger partial charge in [-0.1, -0.05) is 37.3 Å². The quantitative estimate of drug-likeness (QED) is 0.803. The minimum Gasteiger partial charge on any atom is -0.487 e. The van der Waals surface area contributed by atoms with E-state index < -0.39 is 0 Å². The number of hydrogen-bond acceptors (Lipinski definition) is 3. The summed E-state index contributed by atoms with van der Waals surface area (Å²) in [5.74, 6) is 0.557. The number of hydrogen-bond donors (Lipinski definition) is 1. The Labute approximate surface area is 160 Å². The van der Waals surface area contributed by atoms with Gasteiger partial charge in [0.2, 0.25) is 11.8 Å². The highest BCUT2D eigenvalue weighted by atomic mass is 35.5. The van der Waals surface area contributed by atoms with Crippen molar-refractivity contribution in [2.45, 2.75) is 70.4 Å². The maximum Gasteiger partial charge on any atom is 0.227 e. The summed E-state index contributed by atoms with van der Waals surface area (Å²) in [5.41, 5.74) is 0.685. The second kappa shape index (κ2) is 8.76. The van der Waals surface area contributed by atoms with Crippen LogP contribution in [0, 0.1) is 0 Å². The molecule has 1 saturated carbocycles. The van der Waals surface area contributed by atoms with E-state index in [1.807, 2.05) is 6.92 Å². The van der Waals surface area contributed by atoms with E-state index in [2.05, 4.69) is 5.32 Å². The third-order valence-electron chi connectivity index (χ3n) is 5.07. The van der Waals surface area contributed by atoms with Gasteiger partial charge >= 0.3 is 0 Å². The van der Waals surface area contributed by atoms with Crippen molar-refractivity contribution in [2.24, 2.45) is 0 Å². The van der Waals surface area contributed by atoms with Crippen LogP contribution in [-0.4, -0.2) is 30.5 Å². The Morgan fingerprint density at radius 3 is 2.65 bits per heavy atom. The van der Waals surface area contributed by atoms with Crippen molar-refractivity contribution in [3.05, 3.63) is 23.2 Å². The molecule has 2 amide bonds. The number of benzene rings is 1. The highest BCUT2D eigenvalue weighted by Crippen LogP contribution is 2.36. The number of rotatable bonds is 4. The van der Waals surface area contributed by atoms with E-state index in [0.29, 0.717) is 23.0 Å². The molecule has 0 saturated heterocycles. The van der Waals surface area contributed by atoms with Crippen molar-refractivity contribution in [1.82, 2.24) is 5.32 Å². The van der Waals surface area contributed by atoms with Crippen molar-refractivity contribution in [1.29, 1.82) is 0 Å². The van der Waals surface area contributed by atoms with Crippen LogP contribution < -0.4 is 15.0 Å². The van der Waals surface area contributed by atoms with Crippen LogP contribution in [0.4, 0.5) is 5.69 Å². The fraction of sp³-hybridized carbons (Fsp3) is 0.600. The lowest BCUT2D eigenvalue weighted by atomic mass is 10.1. The molecule has 1 N–H and O–H groups in total. The Kier molecular flexibility index (Phi) is 6.41. The molecule has 0 bridgehead atoms. The molecule has 3 rings (SSSR count). The van der Waals surface area contributed by atoms with Crippen molar-refractivity contribution in [2.75, 3.05) is 11.4 Å². The normalized spacial score (nSPS) is 20.7. The number of carbonyl (C=O) groups excluding carboxylic acids is 2. The summed E-state index contributed by atoms with van der Waals surface area (Å²) in [6.45, 7) is 2.40. The second-order valence-corrected chi connectivity index (χ2v) is 7.74. The molecule has 0 unspecified atom stereocenters. The Balaban J connectivity index is 1.56. The van der Waals surface area contributed by atoms with Gasteiger partial charge in [0.15, 0.2) is 0 Å². The van der Waals surface area contributed by atoms with Gasteiger partial charge in [0.05, 0.1) is 12.2 Å². The summed E-state index contributed by atoms with van der Waals surface area (Å²) >= 11 is 6.07. The summed E-state index contributed by atoms with van der Waals surface area (Å²) in [7, 11) is 0. The molecule has 26 heavy (non-hydrogen) atoms. The van der Waals surface area contributed by atoms with E-state index in [1.165, 1.54) is 25.7 Å². The molecule has 1 fully saturated rings. The van der Waals surface area contributed by atoms with Crippen LogP contribution in [0.1, 0.15) is 58.3 Å². The number of ether oxygens (including phenoxy) is 1. The summed E-state index contributed by atoms with van der Waals surface area (Å²) in [4.78, 5) is 26.7. The number of anilines is 1. The van der Waals surface area contributed by atoms with E-state index in [0.717, 1.165) is 12.8 Å². The van der Waals surface area contributed by atoms with E-state index >= 15 is 0 Å². The number of nitrogens with zero attached hydrogens (tertiary/aromatic N) is 1. The van der Waals surface area contributed by atoms with E-state index in [4.69, 9.17) is 16.3 Å². The third kappa shape index (κ3) is 4.91. The van der Waals surface area contributed by atoms with Crippen molar-refractivity contribution in [3.8, 4) is 5.75 Å². The molecular weight excluding hydrogens is 352 g/mol. The van der Waals surface area contributed by atoms with Gasteiger partial charge in [-0.15, -0.1) is 0 Å². The minimum absolute atomic E-state index is 0.0297. The van der Waals surface area contributed by atoms with Crippen LogP contribution >= 0.6 is 11.6 Å². The van der Waals surface area contributed by atoms with Gasteiger partial charge in [0.1, 0.15) is 11.9 Å². The van der Waals surface area contributed by atoms with E-state index in [-0.39, 0.29) is 36.8 Å². The topological polar surface area (TPSA) is 58.6 Å². The van der Waals surface area contributed by atoms with Gasteiger partial charge < -0.3 is 15.0 Å². The molecule has 1 atom stereocenters. The number of amides is 2. The summed E-state index contributed by atoms with van der Waals surface area (Å²) in [5, 5.41) is 3.66. The Morgan fingerprint density at radius 1 is 1.19 bits per heavy atom. The standard InChI is InChI=1S/C20H27ClN2O3/c1-14-13-23(17-12-15(21)8-9-18(17)26-14)20(25)11-10-19(24)22-16-6-4-2-3-5-7-16/h8-9,12,14,16H,2-7,10-11,13H2,1H3,(H,22,24)/t14-/m1/s1. The highest BCUT2D eigenvalue weighted by Gasteiger charge is 2.28. The average Bonchev–Trinajstić information content (AvgIpc) is 2.88. The van der Waals surface area contributed by atoms with Gasteiger partial charge in [-0.25, -0.2) is 0 Å². The average molecular weight is 379 g/mol. The molecule has 1 aromatic carbocycles. The van der Waals surface area contributed by atoms with Gasteiger partial charge in [0.25, 0.3) is 0 Å². The van der Waals surface area contributed by atoms with Crippen molar-refractivity contribution >= 4 is 29.1 Å². The van der Waals surface area contributed by atoms with Crippen molar-refractivity contribution in [3.63, 3.8) is 0 Å². The monoisotopic (exact) mass is 378 g/mol. The smallest absolute Gasteiger partial charge is 0.227 e. The maximum atomic E-state index is 12.7. The first-order valence-corrected chi connectivity index (χ1v) is 9.96. The molecule has 0 radical (unpaired) electrons. The van der Waals surface area contributed by atoms with Gasteiger partial charge in [-0.2, -0.15) is 0 Å². The maximum absolute atomic E-state index is 12.7. The van der Waals surface area contributed by atoms with Crippen LogP contribution in [0.25, 0.3) is 0 Å². The van der Waals surface area contributed by atoms with Gasteiger partial charge in [0, 0.05) is 23.9 Å². The zero-order valence-electron chi connectivity index (χ0n) is 15.3. The fourth-order valence-electron chi connectivity index (χ4n) is 3.73. The van der Waals surface area contributed by atoms with Gasteiger partial charge in [-0.05, 0) is 38.0 Å². The van der Waals surface area contributed by atoms with E-state index in [1.54, 1.807) is 23.1 Å². The summed E-state index contributed by atoms with van der Waals surface area (Å²) in [6.07, 6.45) is 7.27. The molecule has 0 aromatic heterocycles. The molecule has 0 spiro atoms. The van der Waals surface area contributed by atoms with E-state index in [9.17, 15) is 9.59 Å².